The van der Waals surface area contributed by atoms with E-state index in [2.05, 4.69) is 15.0 Å². The number of hydrogen-bond donors (Lipinski definition) is 1. The predicted molar refractivity (Wildman–Crippen MR) is 76.4 cm³/mol. The molecule has 0 atom stereocenters. The van der Waals surface area contributed by atoms with E-state index in [4.69, 9.17) is 4.74 Å². The number of rotatable bonds is 8. The van der Waals surface area contributed by atoms with E-state index in [0.29, 0.717) is 25.7 Å². The summed E-state index contributed by atoms with van der Waals surface area (Å²) >= 11 is 0. The second-order valence-corrected chi connectivity index (χ2v) is 4.71. The molecule has 0 saturated heterocycles. The van der Waals surface area contributed by atoms with E-state index in [-0.39, 0.29) is 17.2 Å². The summed E-state index contributed by atoms with van der Waals surface area (Å²) in [5.41, 5.74) is -0.194. The van der Waals surface area contributed by atoms with Crippen LogP contribution in [0.3, 0.4) is 0 Å². The van der Waals surface area contributed by atoms with E-state index in [0.717, 1.165) is 0 Å². The molecular weight excluding hydrogens is 278 g/mol. The van der Waals surface area contributed by atoms with Gasteiger partial charge in [0.2, 0.25) is 5.82 Å². The Balaban J connectivity index is 2.72. The highest BCUT2D eigenvalue weighted by Gasteiger charge is 2.18. The zero-order valence-electron chi connectivity index (χ0n) is 12.3. The molecule has 21 heavy (non-hydrogen) atoms. The minimum absolute atomic E-state index is 0.00805. The average Bonchev–Trinajstić information content (AvgIpc) is 2.45. The molecule has 0 fully saturated rings. The number of hydrogen-bond acceptors (Lipinski definition) is 7. The average molecular weight is 297 g/mol. The lowest BCUT2D eigenvalue weighted by atomic mass is 10.2. The van der Waals surface area contributed by atoms with Crippen molar-refractivity contribution in [1.82, 2.24) is 4.98 Å². The SMILES string of the molecule is COC(=O)c1ccc([N+](=O)[O-])c(NCCOCC(C)C)n1. The quantitative estimate of drug-likeness (QED) is 0.338. The third kappa shape index (κ3) is 5.35. The molecule has 8 nitrogen and oxygen atoms in total. The molecule has 116 valence electrons. The van der Waals surface area contributed by atoms with E-state index in [1.807, 2.05) is 13.8 Å². The fourth-order valence-electron chi connectivity index (χ4n) is 1.51. The first-order chi connectivity index (χ1) is 9.95. The molecule has 0 aliphatic rings. The van der Waals surface area contributed by atoms with Crippen molar-refractivity contribution in [3.8, 4) is 0 Å². The molecule has 1 aromatic heterocycles. The Hall–Kier alpha value is -2.22. The Morgan fingerprint density at radius 3 is 2.76 bits per heavy atom. The van der Waals surface area contributed by atoms with Gasteiger partial charge in [0, 0.05) is 19.2 Å². The molecule has 8 heteroatoms. The summed E-state index contributed by atoms with van der Waals surface area (Å²) in [5, 5.41) is 13.7. The van der Waals surface area contributed by atoms with Crippen molar-refractivity contribution < 1.29 is 19.2 Å². The molecule has 0 bridgehead atoms. The van der Waals surface area contributed by atoms with Crippen LogP contribution in [0.4, 0.5) is 11.5 Å². The smallest absolute Gasteiger partial charge is 0.356 e. The second kappa shape index (κ2) is 8.15. The first-order valence-electron chi connectivity index (χ1n) is 6.51. The number of aromatic nitrogens is 1. The number of nitrogens with one attached hydrogen (secondary N) is 1. The Labute approximate surface area is 122 Å². The van der Waals surface area contributed by atoms with Crippen LogP contribution in [0.2, 0.25) is 0 Å². The molecule has 0 saturated carbocycles. The van der Waals surface area contributed by atoms with Crippen LogP contribution in [-0.4, -0.2) is 42.7 Å². The van der Waals surface area contributed by atoms with E-state index in [9.17, 15) is 14.9 Å². The normalized spacial score (nSPS) is 10.5. The van der Waals surface area contributed by atoms with Crippen molar-refractivity contribution in [2.24, 2.45) is 5.92 Å². The number of anilines is 1. The maximum Gasteiger partial charge on any atom is 0.356 e. The summed E-state index contributed by atoms with van der Waals surface area (Å²) in [6, 6.07) is 2.47. The zero-order chi connectivity index (χ0) is 15.8. The van der Waals surface area contributed by atoms with E-state index in [1.54, 1.807) is 0 Å². The summed E-state index contributed by atoms with van der Waals surface area (Å²) < 4.78 is 9.90. The van der Waals surface area contributed by atoms with Gasteiger partial charge >= 0.3 is 11.7 Å². The standard InChI is InChI=1S/C13H19N3O5/c1-9(2)8-21-7-6-14-12-11(16(18)19)5-4-10(15-12)13(17)20-3/h4-5,9H,6-8H2,1-3H3,(H,14,15). The number of ether oxygens (including phenoxy) is 2. The highest BCUT2D eigenvalue weighted by Crippen LogP contribution is 2.22. The van der Waals surface area contributed by atoms with Gasteiger partial charge in [-0.25, -0.2) is 9.78 Å². The van der Waals surface area contributed by atoms with Crippen LogP contribution in [0.1, 0.15) is 24.3 Å². The van der Waals surface area contributed by atoms with Gasteiger partial charge < -0.3 is 14.8 Å². The van der Waals surface area contributed by atoms with Gasteiger partial charge in [0.15, 0.2) is 5.69 Å². The van der Waals surface area contributed by atoms with Crippen LogP contribution in [0.5, 0.6) is 0 Å². The molecule has 0 aliphatic carbocycles. The van der Waals surface area contributed by atoms with Crippen molar-refractivity contribution in [3.63, 3.8) is 0 Å². The third-order valence-corrected chi connectivity index (χ3v) is 2.46. The molecule has 1 aromatic rings. The maximum absolute atomic E-state index is 11.4. The molecule has 0 amide bonds. The topological polar surface area (TPSA) is 104 Å². The summed E-state index contributed by atoms with van der Waals surface area (Å²) in [4.78, 5) is 25.7. The molecule has 1 heterocycles. The van der Waals surface area contributed by atoms with Crippen molar-refractivity contribution in [2.75, 3.05) is 32.2 Å². The number of carbonyl (C=O) groups is 1. The molecule has 0 aliphatic heterocycles. The van der Waals surface area contributed by atoms with Gasteiger partial charge in [0.1, 0.15) is 0 Å². The number of pyridine rings is 1. The van der Waals surface area contributed by atoms with E-state index < -0.39 is 10.9 Å². The van der Waals surface area contributed by atoms with Gasteiger partial charge in [0.05, 0.1) is 18.6 Å². The van der Waals surface area contributed by atoms with Crippen LogP contribution < -0.4 is 5.32 Å². The van der Waals surface area contributed by atoms with Gasteiger partial charge in [-0.05, 0) is 12.0 Å². The molecule has 1 rings (SSSR count). The van der Waals surface area contributed by atoms with Crippen LogP contribution in [0, 0.1) is 16.0 Å². The summed E-state index contributed by atoms with van der Waals surface area (Å²) in [5.74, 6) is -0.208. The van der Waals surface area contributed by atoms with Crippen LogP contribution in [0.25, 0.3) is 0 Å². The summed E-state index contributed by atoms with van der Waals surface area (Å²) in [6.07, 6.45) is 0. The number of methoxy groups -OCH3 is 1. The fraction of sp³-hybridized carbons (Fsp3) is 0.538. The lowest BCUT2D eigenvalue weighted by Crippen LogP contribution is -2.15. The first-order valence-corrected chi connectivity index (χ1v) is 6.51. The Kier molecular flexibility index (Phi) is 6.54. The number of nitro groups is 1. The molecule has 0 spiro atoms. The van der Waals surface area contributed by atoms with Crippen molar-refractivity contribution >= 4 is 17.5 Å². The van der Waals surface area contributed by atoms with Crippen molar-refractivity contribution in [1.29, 1.82) is 0 Å². The molecule has 0 aromatic carbocycles. The zero-order valence-corrected chi connectivity index (χ0v) is 12.3. The molecule has 1 N–H and O–H groups in total. The minimum atomic E-state index is -0.649. The van der Waals surface area contributed by atoms with Crippen LogP contribution >= 0.6 is 0 Å². The van der Waals surface area contributed by atoms with Gasteiger partial charge in [0.25, 0.3) is 0 Å². The van der Waals surface area contributed by atoms with Gasteiger partial charge in [-0.3, -0.25) is 10.1 Å². The minimum Gasteiger partial charge on any atom is -0.464 e. The molecule has 0 unspecified atom stereocenters. The molecular formula is C13H19N3O5. The Morgan fingerprint density at radius 1 is 1.48 bits per heavy atom. The Bertz CT molecular complexity index is 505. The van der Waals surface area contributed by atoms with Crippen molar-refractivity contribution in [3.05, 3.63) is 27.9 Å². The third-order valence-electron chi connectivity index (χ3n) is 2.46. The number of esters is 1. The Morgan fingerprint density at radius 2 is 2.19 bits per heavy atom. The monoisotopic (exact) mass is 297 g/mol. The van der Waals surface area contributed by atoms with Crippen LogP contribution in [0.15, 0.2) is 12.1 Å². The van der Waals surface area contributed by atoms with Gasteiger partial charge in [-0.2, -0.15) is 0 Å². The maximum atomic E-state index is 11.4. The highest BCUT2D eigenvalue weighted by molar-refractivity contribution is 5.88. The predicted octanol–water partition coefficient (Wildman–Crippen LogP) is 1.86. The van der Waals surface area contributed by atoms with E-state index >= 15 is 0 Å². The largest absolute Gasteiger partial charge is 0.464 e. The summed E-state index contributed by atoms with van der Waals surface area (Å²) in [7, 11) is 1.22. The van der Waals surface area contributed by atoms with Gasteiger partial charge in [-0.15, -0.1) is 0 Å². The molecule has 0 radical (unpaired) electrons. The summed E-state index contributed by atoms with van der Waals surface area (Å²) in [6.45, 7) is 5.41. The lowest BCUT2D eigenvalue weighted by molar-refractivity contribution is -0.384. The first kappa shape index (κ1) is 16.8. The van der Waals surface area contributed by atoms with Crippen LogP contribution in [-0.2, 0) is 9.47 Å². The van der Waals surface area contributed by atoms with E-state index in [1.165, 1.54) is 19.2 Å². The van der Waals surface area contributed by atoms with Gasteiger partial charge in [-0.1, -0.05) is 13.8 Å². The van der Waals surface area contributed by atoms with Crippen molar-refractivity contribution in [2.45, 2.75) is 13.8 Å². The fourth-order valence-corrected chi connectivity index (χ4v) is 1.51. The lowest BCUT2D eigenvalue weighted by Gasteiger charge is -2.09. The highest BCUT2D eigenvalue weighted by atomic mass is 16.6. The number of nitrogens with zero attached hydrogens (tertiary/aromatic N) is 2. The second-order valence-electron chi connectivity index (χ2n) is 4.71. The number of carbonyl (C=O) groups excluding carboxylic acids is 1.